The van der Waals surface area contributed by atoms with Gasteiger partial charge in [-0.2, -0.15) is 0 Å². The molecule has 0 saturated heterocycles. The third-order valence-electron chi connectivity index (χ3n) is 2.44. The van der Waals surface area contributed by atoms with Crippen LogP contribution in [0.3, 0.4) is 0 Å². The third-order valence-corrected chi connectivity index (χ3v) is 2.44. The largest absolute Gasteiger partial charge is 0.497 e. The summed E-state index contributed by atoms with van der Waals surface area (Å²) in [4.78, 5) is 24.8. The Balaban J connectivity index is 2.62. The van der Waals surface area contributed by atoms with Gasteiger partial charge in [-0.05, 0) is 0 Å². The van der Waals surface area contributed by atoms with E-state index in [-0.39, 0.29) is 0 Å². The Bertz CT molecular complexity index is 650. The number of hydrogen-bond acceptors (Lipinski definition) is 4. The van der Waals surface area contributed by atoms with E-state index in [0.29, 0.717) is 17.2 Å². The number of rotatable bonds is 3. The van der Waals surface area contributed by atoms with Gasteiger partial charge in [0.2, 0.25) is 0 Å². The van der Waals surface area contributed by atoms with E-state index in [1.165, 1.54) is 31.0 Å². The van der Waals surface area contributed by atoms with Crippen LogP contribution in [-0.4, -0.2) is 23.8 Å². The highest BCUT2D eigenvalue weighted by molar-refractivity contribution is 5.46. The quantitative estimate of drug-likeness (QED) is 0.860. The first-order chi connectivity index (χ1) is 8.63. The molecule has 2 rings (SSSR count). The zero-order valence-electron chi connectivity index (χ0n) is 9.97. The molecule has 0 spiro atoms. The van der Waals surface area contributed by atoms with Gasteiger partial charge >= 0.3 is 5.69 Å². The predicted molar refractivity (Wildman–Crippen MR) is 65.8 cm³/mol. The van der Waals surface area contributed by atoms with Gasteiger partial charge < -0.3 is 9.47 Å². The topological polar surface area (TPSA) is 73.3 Å². The van der Waals surface area contributed by atoms with Gasteiger partial charge in [0.15, 0.2) is 0 Å². The summed E-state index contributed by atoms with van der Waals surface area (Å²) in [6.07, 6.45) is 1.40. The predicted octanol–water partition coefficient (Wildman–Crippen LogP) is 0.543. The molecule has 0 aliphatic carbocycles. The van der Waals surface area contributed by atoms with Crippen LogP contribution in [0.25, 0.3) is 5.69 Å². The Hall–Kier alpha value is -2.50. The van der Waals surface area contributed by atoms with E-state index in [4.69, 9.17) is 9.47 Å². The number of hydrogen-bond donors (Lipinski definition) is 1. The van der Waals surface area contributed by atoms with E-state index in [1.807, 2.05) is 0 Å². The van der Waals surface area contributed by atoms with Gasteiger partial charge in [0.25, 0.3) is 5.56 Å². The monoisotopic (exact) mass is 248 g/mol. The molecule has 0 aliphatic rings. The molecule has 0 radical (unpaired) electrons. The molecule has 1 aromatic carbocycles. The van der Waals surface area contributed by atoms with Crippen molar-refractivity contribution in [3.05, 3.63) is 51.3 Å². The first-order valence-corrected chi connectivity index (χ1v) is 5.19. The van der Waals surface area contributed by atoms with Gasteiger partial charge in [0, 0.05) is 30.5 Å². The van der Waals surface area contributed by atoms with Crippen LogP contribution in [-0.2, 0) is 0 Å². The number of benzene rings is 1. The van der Waals surface area contributed by atoms with Gasteiger partial charge in [-0.3, -0.25) is 14.3 Å². The molecular weight excluding hydrogens is 236 g/mol. The number of aromatic amines is 1. The highest BCUT2D eigenvalue weighted by Gasteiger charge is 2.05. The molecule has 0 saturated carbocycles. The van der Waals surface area contributed by atoms with E-state index < -0.39 is 11.2 Å². The SMILES string of the molecule is COc1cc(OC)cc(-n2ccc(=O)[nH]c2=O)c1. The van der Waals surface area contributed by atoms with Crippen LogP contribution in [0.5, 0.6) is 11.5 Å². The standard InChI is InChI=1S/C12H12N2O4/c1-17-9-5-8(6-10(7-9)18-2)14-4-3-11(15)13-12(14)16/h3-7H,1-2H3,(H,13,15,16). The molecule has 94 valence electrons. The molecule has 0 amide bonds. The van der Waals surface area contributed by atoms with Gasteiger partial charge in [-0.1, -0.05) is 0 Å². The Labute approximate surface area is 102 Å². The number of nitrogens with one attached hydrogen (secondary N) is 1. The van der Waals surface area contributed by atoms with E-state index in [1.54, 1.807) is 18.2 Å². The summed E-state index contributed by atoms with van der Waals surface area (Å²) in [7, 11) is 3.04. The van der Waals surface area contributed by atoms with Crippen molar-refractivity contribution in [2.75, 3.05) is 14.2 Å². The summed E-state index contributed by atoms with van der Waals surface area (Å²) < 4.78 is 11.5. The van der Waals surface area contributed by atoms with Crippen molar-refractivity contribution in [2.24, 2.45) is 0 Å². The van der Waals surface area contributed by atoms with Crippen LogP contribution in [0.1, 0.15) is 0 Å². The summed E-state index contributed by atoms with van der Waals surface area (Å²) in [5.74, 6) is 1.12. The zero-order valence-corrected chi connectivity index (χ0v) is 9.97. The lowest BCUT2D eigenvalue weighted by Crippen LogP contribution is -2.27. The summed E-state index contributed by atoms with van der Waals surface area (Å²) in [6.45, 7) is 0. The van der Waals surface area contributed by atoms with Crippen molar-refractivity contribution in [1.29, 1.82) is 0 Å². The van der Waals surface area contributed by atoms with E-state index in [2.05, 4.69) is 4.98 Å². The molecular formula is C12H12N2O4. The molecule has 6 nitrogen and oxygen atoms in total. The molecule has 1 aromatic heterocycles. The average Bonchev–Trinajstić information content (AvgIpc) is 2.38. The Morgan fingerprint density at radius 2 is 1.67 bits per heavy atom. The molecule has 1 heterocycles. The average molecular weight is 248 g/mol. The van der Waals surface area contributed by atoms with Crippen LogP contribution in [0.15, 0.2) is 40.1 Å². The number of aromatic nitrogens is 2. The Morgan fingerprint density at radius 1 is 1.06 bits per heavy atom. The minimum Gasteiger partial charge on any atom is -0.497 e. The molecule has 1 N–H and O–H groups in total. The maximum absolute atomic E-state index is 11.7. The van der Waals surface area contributed by atoms with E-state index in [0.717, 1.165) is 0 Å². The van der Waals surface area contributed by atoms with Gasteiger partial charge in [-0.15, -0.1) is 0 Å². The fourth-order valence-electron chi connectivity index (χ4n) is 1.55. The summed E-state index contributed by atoms with van der Waals surface area (Å²) in [6, 6.07) is 6.30. The molecule has 6 heteroatoms. The van der Waals surface area contributed by atoms with Crippen LogP contribution < -0.4 is 20.7 Å². The van der Waals surface area contributed by atoms with Crippen LogP contribution in [0.2, 0.25) is 0 Å². The fraction of sp³-hybridized carbons (Fsp3) is 0.167. The Morgan fingerprint density at radius 3 is 2.17 bits per heavy atom. The second-order valence-electron chi connectivity index (χ2n) is 3.55. The minimum absolute atomic E-state index is 0.439. The molecule has 0 fully saturated rings. The second kappa shape index (κ2) is 4.79. The van der Waals surface area contributed by atoms with Gasteiger partial charge in [-0.25, -0.2) is 4.79 Å². The van der Waals surface area contributed by atoms with Gasteiger partial charge in [0.1, 0.15) is 11.5 Å². The maximum atomic E-state index is 11.7. The summed E-state index contributed by atoms with van der Waals surface area (Å²) >= 11 is 0. The molecule has 0 bridgehead atoms. The lowest BCUT2D eigenvalue weighted by molar-refractivity contribution is 0.394. The number of methoxy groups -OCH3 is 2. The number of nitrogens with zero attached hydrogens (tertiary/aromatic N) is 1. The van der Waals surface area contributed by atoms with Gasteiger partial charge in [0.05, 0.1) is 19.9 Å². The maximum Gasteiger partial charge on any atom is 0.332 e. The minimum atomic E-state index is -0.516. The lowest BCUT2D eigenvalue weighted by Gasteiger charge is -2.09. The highest BCUT2D eigenvalue weighted by Crippen LogP contribution is 2.23. The summed E-state index contributed by atoms with van der Waals surface area (Å²) in [5.41, 5.74) is -0.406. The second-order valence-corrected chi connectivity index (χ2v) is 3.55. The molecule has 0 aliphatic heterocycles. The number of H-pyrrole nitrogens is 1. The fourth-order valence-corrected chi connectivity index (χ4v) is 1.55. The van der Waals surface area contributed by atoms with Crippen LogP contribution in [0.4, 0.5) is 0 Å². The molecule has 0 unspecified atom stereocenters. The van der Waals surface area contributed by atoms with Crippen molar-refractivity contribution < 1.29 is 9.47 Å². The normalized spacial score (nSPS) is 10.1. The zero-order chi connectivity index (χ0) is 13.1. The highest BCUT2D eigenvalue weighted by atomic mass is 16.5. The first kappa shape index (κ1) is 12.0. The van der Waals surface area contributed by atoms with Crippen molar-refractivity contribution in [1.82, 2.24) is 9.55 Å². The third kappa shape index (κ3) is 2.27. The van der Waals surface area contributed by atoms with Crippen molar-refractivity contribution in [3.63, 3.8) is 0 Å². The Kier molecular flexibility index (Phi) is 3.18. The van der Waals surface area contributed by atoms with Crippen LogP contribution >= 0.6 is 0 Å². The smallest absolute Gasteiger partial charge is 0.332 e. The van der Waals surface area contributed by atoms with E-state index >= 15 is 0 Å². The molecule has 18 heavy (non-hydrogen) atoms. The van der Waals surface area contributed by atoms with Crippen molar-refractivity contribution in [2.45, 2.75) is 0 Å². The number of ether oxygens (including phenoxy) is 2. The van der Waals surface area contributed by atoms with E-state index in [9.17, 15) is 9.59 Å². The summed E-state index contributed by atoms with van der Waals surface area (Å²) in [5, 5.41) is 0. The molecule has 0 atom stereocenters. The lowest BCUT2D eigenvalue weighted by atomic mass is 10.2. The van der Waals surface area contributed by atoms with Crippen molar-refractivity contribution in [3.8, 4) is 17.2 Å². The van der Waals surface area contributed by atoms with Crippen molar-refractivity contribution >= 4 is 0 Å². The van der Waals surface area contributed by atoms with Crippen LogP contribution in [0, 0.1) is 0 Å². The molecule has 2 aromatic rings. The first-order valence-electron chi connectivity index (χ1n) is 5.19.